The number of methoxy groups -OCH3 is 2. The second-order valence-electron chi connectivity index (χ2n) is 10.8. The number of halogens is 1. The third-order valence-corrected chi connectivity index (χ3v) is 8.90. The molecule has 1 fully saturated rings. The van der Waals surface area contributed by atoms with E-state index in [1.165, 1.54) is 32.4 Å². The lowest BCUT2D eigenvalue weighted by atomic mass is 9.64. The fourth-order valence-corrected chi connectivity index (χ4v) is 7.11. The normalized spacial score (nSPS) is 22.9. The molecule has 0 aliphatic carbocycles. The Morgan fingerprint density at radius 2 is 1.60 bits per heavy atom. The van der Waals surface area contributed by atoms with E-state index in [1.807, 2.05) is 53.5 Å². The van der Waals surface area contributed by atoms with Crippen molar-refractivity contribution in [1.82, 2.24) is 0 Å². The van der Waals surface area contributed by atoms with Gasteiger partial charge in [0.25, 0.3) is 0 Å². The zero-order chi connectivity index (χ0) is 29.9. The molecular weight excluding hydrogens is 547 g/mol. The van der Waals surface area contributed by atoms with Crippen molar-refractivity contribution in [2.45, 2.75) is 17.5 Å². The number of ketones is 2. The van der Waals surface area contributed by atoms with Gasteiger partial charge in [-0.25, -0.2) is 4.39 Å². The number of para-hydroxylation sites is 2. The highest BCUT2D eigenvalue weighted by Crippen LogP contribution is 2.58. The Labute approximate surface area is 247 Å². The summed E-state index contributed by atoms with van der Waals surface area (Å²) in [5, 5.41) is 2.99. The summed E-state index contributed by atoms with van der Waals surface area (Å²) in [5.74, 6) is -2.79. The Balaban J connectivity index is 1.56. The Hall–Kier alpha value is -5.24. The van der Waals surface area contributed by atoms with Crippen LogP contribution in [-0.4, -0.2) is 43.8 Å². The fourth-order valence-electron chi connectivity index (χ4n) is 7.11. The van der Waals surface area contributed by atoms with Crippen LogP contribution in [0.25, 0.3) is 6.08 Å². The SMILES string of the molecule is COc1ccc(OC)c(C(=O)[C@@H]2[C@H](C(=O)c3ccccc3F)N3c4ccccc4C=C[C@H]3[C@@]23C(=O)Nc2ccccc23)c1. The number of Topliss-reactive ketones (excluding diaryl/α,β-unsaturated/α-hetero) is 2. The van der Waals surface area contributed by atoms with Gasteiger partial charge in [-0.15, -0.1) is 0 Å². The number of nitrogens with one attached hydrogen (secondary N) is 1. The number of hydrogen-bond acceptors (Lipinski definition) is 6. The summed E-state index contributed by atoms with van der Waals surface area (Å²) in [6.45, 7) is 0. The van der Waals surface area contributed by atoms with Gasteiger partial charge in [0.2, 0.25) is 5.91 Å². The molecule has 3 aliphatic rings. The zero-order valence-corrected chi connectivity index (χ0v) is 23.4. The summed E-state index contributed by atoms with van der Waals surface area (Å²) in [6, 6.07) is 23.3. The van der Waals surface area contributed by atoms with E-state index in [4.69, 9.17) is 9.47 Å². The number of hydrogen-bond donors (Lipinski definition) is 1. The van der Waals surface area contributed by atoms with Gasteiger partial charge < -0.3 is 19.7 Å². The van der Waals surface area contributed by atoms with Gasteiger partial charge in [-0.1, -0.05) is 60.7 Å². The molecule has 7 rings (SSSR count). The van der Waals surface area contributed by atoms with Gasteiger partial charge >= 0.3 is 0 Å². The molecule has 8 heteroatoms. The highest BCUT2D eigenvalue weighted by atomic mass is 19.1. The first-order valence-corrected chi connectivity index (χ1v) is 13.9. The maximum atomic E-state index is 15.3. The Kier molecular flexibility index (Phi) is 6.16. The number of fused-ring (bicyclic) bond motifs is 6. The van der Waals surface area contributed by atoms with Crippen molar-refractivity contribution in [2.75, 3.05) is 24.4 Å². The molecule has 3 aliphatic heterocycles. The van der Waals surface area contributed by atoms with Crippen molar-refractivity contribution < 1.29 is 28.2 Å². The van der Waals surface area contributed by atoms with Gasteiger partial charge in [0.1, 0.15) is 28.8 Å². The number of benzene rings is 4. The summed E-state index contributed by atoms with van der Waals surface area (Å²) >= 11 is 0. The molecule has 4 aromatic carbocycles. The third-order valence-electron chi connectivity index (χ3n) is 8.90. The molecule has 4 aromatic rings. The molecule has 43 heavy (non-hydrogen) atoms. The van der Waals surface area contributed by atoms with Gasteiger partial charge in [-0.2, -0.15) is 0 Å². The summed E-state index contributed by atoms with van der Waals surface area (Å²) < 4.78 is 26.3. The predicted octanol–water partition coefficient (Wildman–Crippen LogP) is 5.70. The van der Waals surface area contributed by atoms with E-state index < -0.39 is 46.7 Å². The molecule has 7 nitrogen and oxygen atoms in total. The molecule has 214 valence electrons. The molecule has 0 saturated carbocycles. The average Bonchev–Trinajstić information content (AvgIpc) is 3.52. The lowest BCUT2D eigenvalue weighted by molar-refractivity contribution is -0.121. The van der Waals surface area contributed by atoms with Crippen LogP contribution in [0.4, 0.5) is 15.8 Å². The Morgan fingerprint density at radius 1 is 0.860 bits per heavy atom. The molecule has 0 aromatic heterocycles. The minimum atomic E-state index is -1.53. The average molecular weight is 575 g/mol. The standard InChI is InChI=1S/C35H27FN2O5/c1-42-21-16-17-28(43-2)23(19-21)32(39)30-31(33(40)22-10-4-6-12-25(22)36)38-27-14-8-3-9-20(27)15-18-29(38)35(30)24-11-5-7-13-26(24)37-34(35)41/h3-19,29-31H,1-2H3,(H,37,41)/t29-,30-,31+,35+/m0/s1. The van der Waals surface area contributed by atoms with Gasteiger partial charge in [-0.3, -0.25) is 14.4 Å². The largest absolute Gasteiger partial charge is 0.497 e. The van der Waals surface area contributed by atoms with Crippen molar-refractivity contribution in [2.24, 2.45) is 5.92 Å². The van der Waals surface area contributed by atoms with Crippen LogP contribution < -0.4 is 19.7 Å². The monoisotopic (exact) mass is 574 g/mol. The number of carbonyl (C=O) groups excluding carboxylic acids is 3. The van der Waals surface area contributed by atoms with Crippen molar-refractivity contribution in [3.8, 4) is 11.5 Å². The number of anilines is 2. The first-order valence-electron chi connectivity index (χ1n) is 13.9. The molecule has 3 heterocycles. The number of amides is 1. The molecule has 0 bridgehead atoms. The third kappa shape index (κ3) is 3.69. The van der Waals surface area contributed by atoms with Gasteiger partial charge in [-0.05, 0) is 53.6 Å². The summed E-state index contributed by atoms with van der Waals surface area (Å²) in [6.07, 6.45) is 3.79. The molecule has 4 atom stereocenters. The van der Waals surface area contributed by atoms with Crippen LogP contribution in [0.15, 0.2) is 97.1 Å². The van der Waals surface area contributed by atoms with Crippen LogP contribution in [0, 0.1) is 11.7 Å². The number of ether oxygens (including phenoxy) is 2. The van der Waals surface area contributed by atoms with E-state index in [9.17, 15) is 9.59 Å². The lowest BCUT2D eigenvalue weighted by Crippen LogP contribution is -2.51. The minimum Gasteiger partial charge on any atom is -0.497 e. The highest BCUT2D eigenvalue weighted by molar-refractivity contribution is 6.19. The van der Waals surface area contributed by atoms with E-state index in [0.717, 1.165) is 5.56 Å². The second-order valence-corrected chi connectivity index (χ2v) is 10.8. The van der Waals surface area contributed by atoms with Gasteiger partial charge in [0.05, 0.1) is 37.3 Å². The highest BCUT2D eigenvalue weighted by Gasteiger charge is 2.70. The second kappa shape index (κ2) is 9.94. The lowest BCUT2D eigenvalue weighted by Gasteiger charge is -2.37. The molecule has 0 radical (unpaired) electrons. The fraction of sp³-hybridized carbons (Fsp3) is 0.171. The van der Waals surface area contributed by atoms with E-state index in [2.05, 4.69) is 5.32 Å². The van der Waals surface area contributed by atoms with Crippen molar-refractivity contribution >= 4 is 34.9 Å². The summed E-state index contributed by atoms with van der Waals surface area (Å²) in [7, 11) is 2.94. The van der Waals surface area contributed by atoms with Crippen LogP contribution >= 0.6 is 0 Å². The molecule has 1 amide bonds. The van der Waals surface area contributed by atoms with Gasteiger partial charge in [0.15, 0.2) is 11.6 Å². The predicted molar refractivity (Wildman–Crippen MR) is 160 cm³/mol. The van der Waals surface area contributed by atoms with E-state index in [0.29, 0.717) is 22.7 Å². The van der Waals surface area contributed by atoms with E-state index in [1.54, 1.807) is 36.4 Å². The van der Waals surface area contributed by atoms with Crippen molar-refractivity contribution in [3.63, 3.8) is 0 Å². The minimum absolute atomic E-state index is 0.155. The van der Waals surface area contributed by atoms with Gasteiger partial charge in [0, 0.05) is 11.4 Å². The van der Waals surface area contributed by atoms with Crippen LogP contribution in [0.1, 0.15) is 31.8 Å². The Bertz CT molecular complexity index is 1850. The van der Waals surface area contributed by atoms with Crippen LogP contribution in [0.2, 0.25) is 0 Å². The molecule has 1 spiro atoms. The van der Waals surface area contributed by atoms with E-state index in [-0.39, 0.29) is 16.9 Å². The topological polar surface area (TPSA) is 84.9 Å². The quantitative estimate of drug-likeness (QED) is 0.298. The molecule has 0 unspecified atom stereocenters. The zero-order valence-electron chi connectivity index (χ0n) is 23.4. The first-order chi connectivity index (χ1) is 20.9. The van der Waals surface area contributed by atoms with Crippen LogP contribution in [0.3, 0.4) is 0 Å². The maximum Gasteiger partial charge on any atom is 0.238 e. The first kappa shape index (κ1) is 26.6. The van der Waals surface area contributed by atoms with Crippen molar-refractivity contribution in [1.29, 1.82) is 0 Å². The number of rotatable bonds is 6. The van der Waals surface area contributed by atoms with Crippen LogP contribution in [-0.2, 0) is 10.2 Å². The number of carbonyl (C=O) groups is 3. The summed E-state index contributed by atoms with van der Waals surface area (Å²) in [4.78, 5) is 46.0. The smallest absolute Gasteiger partial charge is 0.238 e. The molecular formula is C35H27FN2O5. The van der Waals surface area contributed by atoms with Crippen LogP contribution in [0.5, 0.6) is 11.5 Å². The summed E-state index contributed by atoms with van der Waals surface area (Å²) in [5.41, 5.74) is 1.13. The van der Waals surface area contributed by atoms with Crippen molar-refractivity contribution in [3.05, 3.63) is 125 Å². The van der Waals surface area contributed by atoms with E-state index >= 15 is 9.18 Å². The molecule has 1 N–H and O–H groups in total. The maximum absolute atomic E-state index is 15.3. The molecule has 1 saturated heterocycles. The number of nitrogens with zero attached hydrogens (tertiary/aromatic N) is 1. The Morgan fingerprint density at radius 3 is 2.40 bits per heavy atom.